The standard InChI is InChI=1S/C60H41BN2/c1-6-20-42(21-7-1)44-36-38-49(39-37-44)62-54-34-18-31-51(46-26-12-4-13-27-46)58(54)61-59-52(47-28-14-5-15-29-47)32-19-35-55(59)63(53-33-17-16-30-50(53)45-24-10-3-11-25-45)57-41-48(40-56(62)60(57)61)43-22-8-2-9-23-43/h1-41H. The van der Waals surface area contributed by atoms with Crippen molar-refractivity contribution in [3.05, 3.63) is 249 Å². The third-order valence-electron chi connectivity index (χ3n) is 12.9. The molecule has 0 saturated heterocycles. The van der Waals surface area contributed by atoms with Crippen LogP contribution >= 0.6 is 0 Å². The minimum Gasteiger partial charge on any atom is -0.311 e. The molecule has 63 heavy (non-hydrogen) atoms. The lowest BCUT2D eigenvalue weighted by atomic mass is 9.31. The molecule has 0 bridgehead atoms. The Morgan fingerprint density at radius 3 is 1.11 bits per heavy atom. The summed E-state index contributed by atoms with van der Waals surface area (Å²) in [6.45, 7) is -0.0994. The molecule has 0 atom stereocenters. The van der Waals surface area contributed by atoms with E-state index in [4.69, 9.17) is 0 Å². The molecular weight excluding hydrogens is 759 g/mol. The molecule has 3 heteroatoms. The van der Waals surface area contributed by atoms with Gasteiger partial charge in [-0.15, -0.1) is 0 Å². The van der Waals surface area contributed by atoms with Gasteiger partial charge in [-0.25, -0.2) is 0 Å². The maximum atomic E-state index is 2.57. The zero-order valence-electron chi connectivity index (χ0n) is 34.6. The zero-order valence-corrected chi connectivity index (χ0v) is 34.6. The molecule has 0 aliphatic carbocycles. The first kappa shape index (κ1) is 36.7. The van der Waals surface area contributed by atoms with Gasteiger partial charge in [0, 0.05) is 34.0 Å². The van der Waals surface area contributed by atoms with Crippen LogP contribution in [0.1, 0.15) is 0 Å². The fraction of sp³-hybridized carbons (Fsp3) is 0. The van der Waals surface area contributed by atoms with Crippen LogP contribution in [-0.4, -0.2) is 6.71 Å². The molecule has 2 aliphatic heterocycles. The molecular formula is C60H41BN2. The van der Waals surface area contributed by atoms with E-state index in [-0.39, 0.29) is 6.71 Å². The minimum absolute atomic E-state index is 0.0994. The van der Waals surface area contributed by atoms with E-state index in [1.165, 1.54) is 94.8 Å². The Labute approximate surface area is 369 Å². The van der Waals surface area contributed by atoms with Crippen LogP contribution in [0, 0.1) is 0 Å². The maximum Gasteiger partial charge on any atom is 0.253 e. The lowest BCUT2D eigenvalue weighted by Crippen LogP contribution is -2.62. The summed E-state index contributed by atoms with van der Waals surface area (Å²) in [5.74, 6) is 0. The average molecular weight is 801 g/mol. The van der Waals surface area contributed by atoms with Gasteiger partial charge in [-0.3, -0.25) is 0 Å². The largest absolute Gasteiger partial charge is 0.311 e. The molecule has 10 aromatic rings. The van der Waals surface area contributed by atoms with E-state index in [1.54, 1.807) is 0 Å². The first-order valence-electron chi connectivity index (χ1n) is 21.8. The van der Waals surface area contributed by atoms with Crippen LogP contribution in [0.2, 0.25) is 0 Å². The normalized spacial score (nSPS) is 12.3. The molecule has 0 unspecified atom stereocenters. The van der Waals surface area contributed by atoms with Gasteiger partial charge in [0.05, 0.1) is 5.69 Å². The number of para-hydroxylation sites is 1. The van der Waals surface area contributed by atoms with Gasteiger partial charge >= 0.3 is 0 Å². The second-order valence-corrected chi connectivity index (χ2v) is 16.4. The summed E-state index contributed by atoms with van der Waals surface area (Å²) in [4.78, 5) is 5.11. The molecule has 12 rings (SSSR count). The molecule has 10 aromatic carbocycles. The Morgan fingerprint density at radius 2 is 0.587 bits per heavy atom. The van der Waals surface area contributed by atoms with Crippen LogP contribution in [0.4, 0.5) is 34.1 Å². The van der Waals surface area contributed by atoms with Gasteiger partial charge in [0.2, 0.25) is 0 Å². The number of hydrogen-bond acceptors (Lipinski definition) is 2. The molecule has 294 valence electrons. The van der Waals surface area contributed by atoms with E-state index >= 15 is 0 Å². The van der Waals surface area contributed by atoms with E-state index in [0.717, 1.165) is 11.4 Å². The Bertz CT molecular complexity index is 3260. The number of fused-ring (bicyclic) bond motifs is 4. The fourth-order valence-electron chi connectivity index (χ4n) is 10.1. The maximum absolute atomic E-state index is 2.57. The Hall–Kier alpha value is -8.14. The number of hydrogen-bond donors (Lipinski definition) is 0. The lowest BCUT2D eigenvalue weighted by molar-refractivity contribution is 1.25. The van der Waals surface area contributed by atoms with Crippen molar-refractivity contribution in [3.63, 3.8) is 0 Å². The van der Waals surface area contributed by atoms with E-state index in [9.17, 15) is 0 Å². The lowest BCUT2D eigenvalue weighted by Gasteiger charge is -2.46. The topological polar surface area (TPSA) is 6.48 Å². The van der Waals surface area contributed by atoms with Gasteiger partial charge in [0.25, 0.3) is 6.71 Å². The predicted molar refractivity (Wildman–Crippen MR) is 268 cm³/mol. The third kappa shape index (κ3) is 6.20. The number of rotatable bonds is 7. The average Bonchev–Trinajstić information content (AvgIpc) is 3.37. The highest BCUT2D eigenvalue weighted by molar-refractivity contribution is 7.02. The summed E-state index contributed by atoms with van der Waals surface area (Å²) in [6.07, 6.45) is 0. The summed E-state index contributed by atoms with van der Waals surface area (Å²) in [5.41, 5.74) is 22.9. The van der Waals surface area contributed by atoms with Crippen LogP contribution in [0.15, 0.2) is 249 Å². The highest BCUT2D eigenvalue weighted by atomic mass is 15.2. The first-order chi connectivity index (χ1) is 31.3. The van der Waals surface area contributed by atoms with Gasteiger partial charge in [0.15, 0.2) is 0 Å². The van der Waals surface area contributed by atoms with Crippen molar-refractivity contribution in [1.29, 1.82) is 0 Å². The summed E-state index contributed by atoms with van der Waals surface area (Å²) < 4.78 is 0. The van der Waals surface area contributed by atoms with Crippen LogP contribution in [0.3, 0.4) is 0 Å². The van der Waals surface area contributed by atoms with Gasteiger partial charge in [0.1, 0.15) is 0 Å². The van der Waals surface area contributed by atoms with Crippen LogP contribution in [0.25, 0.3) is 55.6 Å². The van der Waals surface area contributed by atoms with Gasteiger partial charge < -0.3 is 9.80 Å². The Morgan fingerprint density at radius 1 is 0.222 bits per heavy atom. The SMILES string of the molecule is c1ccc(-c2ccc(N3c4cccc(-c5ccccc5)c4B4c5c(-c6ccccc6)cccc5N(c5ccccc5-c5ccccc5)c5cc(-c6ccccc6)cc3c54)cc2)cc1. The second kappa shape index (κ2) is 15.4. The summed E-state index contributed by atoms with van der Waals surface area (Å²) in [7, 11) is 0. The van der Waals surface area contributed by atoms with Gasteiger partial charge in [-0.1, -0.05) is 206 Å². The monoisotopic (exact) mass is 800 g/mol. The Balaban J connectivity index is 1.23. The number of anilines is 6. The van der Waals surface area contributed by atoms with E-state index in [1.807, 2.05) is 0 Å². The fourth-order valence-corrected chi connectivity index (χ4v) is 10.1. The van der Waals surface area contributed by atoms with Crippen molar-refractivity contribution in [2.24, 2.45) is 0 Å². The van der Waals surface area contributed by atoms with Crippen molar-refractivity contribution in [2.75, 3.05) is 9.80 Å². The van der Waals surface area contributed by atoms with Gasteiger partial charge in [-0.2, -0.15) is 0 Å². The number of nitrogens with zero attached hydrogens (tertiary/aromatic N) is 2. The second-order valence-electron chi connectivity index (χ2n) is 16.4. The zero-order chi connectivity index (χ0) is 41.7. The molecule has 0 aromatic heterocycles. The first-order valence-corrected chi connectivity index (χ1v) is 21.8. The minimum atomic E-state index is -0.0994. The highest BCUT2D eigenvalue weighted by Gasteiger charge is 2.46. The van der Waals surface area contributed by atoms with E-state index < -0.39 is 0 Å². The van der Waals surface area contributed by atoms with Crippen LogP contribution in [-0.2, 0) is 0 Å². The quantitative estimate of drug-likeness (QED) is 0.148. The van der Waals surface area contributed by atoms with Crippen molar-refractivity contribution in [3.8, 4) is 55.6 Å². The van der Waals surface area contributed by atoms with Crippen molar-refractivity contribution in [2.45, 2.75) is 0 Å². The molecule has 2 nitrogen and oxygen atoms in total. The van der Waals surface area contributed by atoms with Crippen LogP contribution in [0.5, 0.6) is 0 Å². The van der Waals surface area contributed by atoms with Gasteiger partial charge in [-0.05, 0) is 109 Å². The van der Waals surface area contributed by atoms with Crippen molar-refractivity contribution >= 4 is 57.2 Å². The molecule has 2 heterocycles. The summed E-state index contributed by atoms with van der Waals surface area (Å²) in [6, 6.07) is 91.1. The molecule has 0 radical (unpaired) electrons. The third-order valence-corrected chi connectivity index (χ3v) is 12.9. The number of benzene rings is 10. The summed E-state index contributed by atoms with van der Waals surface area (Å²) >= 11 is 0. The highest BCUT2D eigenvalue weighted by Crippen LogP contribution is 2.49. The summed E-state index contributed by atoms with van der Waals surface area (Å²) in [5, 5.41) is 0. The van der Waals surface area contributed by atoms with Crippen molar-refractivity contribution in [1.82, 2.24) is 0 Å². The van der Waals surface area contributed by atoms with Crippen LogP contribution < -0.4 is 26.2 Å². The molecule has 0 N–H and O–H groups in total. The molecule has 0 amide bonds. The molecule has 2 aliphatic rings. The molecule has 0 spiro atoms. The smallest absolute Gasteiger partial charge is 0.253 e. The molecule has 0 saturated carbocycles. The van der Waals surface area contributed by atoms with Crippen molar-refractivity contribution < 1.29 is 0 Å². The Kier molecular flexibility index (Phi) is 8.97. The molecule has 0 fully saturated rings. The van der Waals surface area contributed by atoms with E-state index in [0.29, 0.717) is 0 Å². The van der Waals surface area contributed by atoms with E-state index in [2.05, 4.69) is 259 Å². The predicted octanol–water partition coefficient (Wildman–Crippen LogP) is 14.1.